The van der Waals surface area contributed by atoms with Gasteiger partial charge in [0.1, 0.15) is 18.6 Å². The first-order valence-electron chi connectivity index (χ1n) is 8.04. The van der Waals surface area contributed by atoms with E-state index in [4.69, 9.17) is 28.0 Å². The van der Waals surface area contributed by atoms with Crippen LogP contribution < -0.4 is 38.9 Å². The van der Waals surface area contributed by atoms with Gasteiger partial charge in [0.15, 0.2) is 0 Å². The number of amides is 6. The van der Waals surface area contributed by atoms with Gasteiger partial charge in [0, 0.05) is 0 Å². The molecule has 0 bridgehead atoms. The molecular formula is C14H23N7O8. The summed E-state index contributed by atoms with van der Waals surface area (Å²) in [5.41, 5.74) is 20.4. The zero-order valence-electron chi connectivity index (χ0n) is 15.2. The van der Waals surface area contributed by atoms with Crippen molar-refractivity contribution in [3.05, 3.63) is 0 Å². The highest BCUT2D eigenvalue weighted by atomic mass is 16.4. The molecule has 3 unspecified atom stereocenters. The van der Waals surface area contributed by atoms with E-state index >= 15 is 0 Å². The molecule has 3 atom stereocenters. The lowest BCUT2D eigenvalue weighted by Crippen LogP contribution is -2.57. The summed E-state index contributed by atoms with van der Waals surface area (Å²) < 4.78 is 0. The summed E-state index contributed by atoms with van der Waals surface area (Å²) in [6.07, 6.45) is -1.95. The topological polar surface area (TPSA) is 280 Å². The number of carbonyl (C=O) groups excluding carboxylic acids is 6. The highest BCUT2D eigenvalue weighted by Crippen LogP contribution is 1.99. The third-order valence-corrected chi connectivity index (χ3v) is 3.25. The predicted molar refractivity (Wildman–Crippen MR) is 93.9 cm³/mol. The number of nitrogens with two attached hydrogens (primary N) is 4. The molecule has 0 radical (unpaired) electrons. The molecule has 15 nitrogen and oxygen atoms in total. The molecule has 0 heterocycles. The molecule has 29 heavy (non-hydrogen) atoms. The lowest BCUT2D eigenvalue weighted by Gasteiger charge is -2.22. The van der Waals surface area contributed by atoms with Crippen molar-refractivity contribution >= 4 is 41.4 Å². The van der Waals surface area contributed by atoms with Gasteiger partial charge in [-0.2, -0.15) is 0 Å². The summed E-state index contributed by atoms with van der Waals surface area (Å²) in [4.78, 5) is 80.0. The van der Waals surface area contributed by atoms with E-state index in [1.165, 1.54) is 0 Å². The molecule has 0 fully saturated rings. The normalized spacial score (nSPS) is 13.3. The monoisotopic (exact) mass is 417 g/mol. The van der Waals surface area contributed by atoms with Gasteiger partial charge >= 0.3 is 5.97 Å². The Balaban J connectivity index is 5.30. The Kier molecular flexibility index (Phi) is 10.3. The fourth-order valence-electron chi connectivity index (χ4n) is 1.97. The van der Waals surface area contributed by atoms with Crippen LogP contribution in [0, 0.1) is 0 Å². The van der Waals surface area contributed by atoms with Gasteiger partial charge < -0.3 is 44.0 Å². The van der Waals surface area contributed by atoms with Gasteiger partial charge in [0.25, 0.3) is 0 Å². The summed E-state index contributed by atoms with van der Waals surface area (Å²) in [6, 6.07) is -4.62. The van der Waals surface area contributed by atoms with E-state index in [1.807, 2.05) is 5.32 Å². The van der Waals surface area contributed by atoms with E-state index in [0.29, 0.717) is 0 Å². The Morgan fingerprint density at radius 1 is 0.690 bits per heavy atom. The molecule has 0 aliphatic rings. The van der Waals surface area contributed by atoms with E-state index in [0.717, 1.165) is 0 Å². The van der Waals surface area contributed by atoms with E-state index in [9.17, 15) is 33.6 Å². The molecule has 0 rings (SSSR count). The first kappa shape index (κ1) is 25.2. The number of rotatable bonds is 13. The molecule has 0 aromatic carbocycles. The lowest BCUT2D eigenvalue weighted by atomic mass is 10.1. The number of aliphatic carboxylic acids is 1. The smallest absolute Gasteiger partial charge is 0.322 e. The third kappa shape index (κ3) is 10.9. The Morgan fingerprint density at radius 3 is 1.52 bits per heavy atom. The predicted octanol–water partition coefficient (Wildman–Crippen LogP) is -5.89. The number of carboxylic acids is 1. The number of carbonyl (C=O) groups is 7. The van der Waals surface area contributed by atoms with Crippen molar-refractivity contribution in [2.75, 3.05) is 6.54 Å². The van der Waals surface area contributed by atoms with Crippen molar-refractivity contribution in [2.45, 2.75) is 37.4 Å². The van der Waals surface area contributed by atoms with Crippen molar-refractivity contribution in [1.29, 1.82) is 0 Å². The second-order valence-electron chi connectivity index (χ2n) is 5.85. The van der Waals surface area contributed by atoms with Gasteiger partial charge in [-0.3, -0.25) is 33.6 Å². The number of carboxylic acid groups (broad SMARTS) is 1. The summed E-state index contributed by atoms with van der Waals surface area (Å²) >= 11 is 0. The summed E-state index contributed by atoms with van der Waals surface area (Å²) in [6.45, 7) is -0.798. The standard InChI is InChI=1S/C14H23N7O8/c15-5(1-8(16)22)12(27)20-7(3-10(18)24)14(29)21-6(2-9(17)23)13(28)19-4-11(25)26/h5-7H,1-4,15H2,(H2,16,22)(H2,17,23)(H2,18,24)(H,19,28)(H,20,27)(H,21,29)(H,25,26). The Bertz CT molecular complexity index is 695. The van der Waals surface area contributed by atoms with Gasteiger partial charge in [0.05, 0.1) is 25.3 Å². The molecule has 0 aromatic rings. The molecule has 0 saturated carbocycles. The second kappa shape index (κ2) is 11.9. The van der Waals surface area contributed by atoms with Crippen molar-refractivity contribution in [3.8, 4) is 0 Å². The average molecular weight is 417 g/mol. The van der Waals surface area contributed by atoms with Crippen molar-refractivity contribution in [2.24, 2.45) is 22.9 Å². The SMILES string of the molecule is NC(=O)CC(N)C(=O)NC(CC(N)=O)C(=O)NC(CC(N)=O)C(=O)NCC(=O)O. The number of hydrogen-bond donors (Lipinski definition) is 8. The Hall–Kier alpha value is -3.75. The molecule has 162 valence electrons. The van der Waals surface area contributed by atoms with Crippen LogP contribution in [0.2, 0.25) is 0 Å². The van der Waals surface area contributed by atoms with Gasteiger partial charge in [-0.1, -0.05) is 0 Å². The van der Waals surface area contributed by atoms with Crippen LogP contribution in [-0.4, -0.2) is 71.2 Å². The number of primary amides is 3. The van der Waals surface area contributed by atoms with Crippen molar-refractivity contribution < 1.29 is 38.7 Å². The van der Waals surface area contributed by atoms with Crippen molar-refractivity contribution in [1.82, 2.24) is 16.0 Å². The fraction of sp³-hybridized carbons (Fsp3) is 0.500. The molecule has 0 saturated heterocycles. The third-order valence-electron chi connectivity index (χ3n) is 3.25. The van der Waals surface area contributed by atoms with E-state index in [1.54, 1.807) is 0 Å². The molecular weight excluding hydrogens is 394 g/mol. The molecule has 15 heteroatoms. The van der Waals surface area contributed by atoms with Gasteiger partial charge in [-0.15, -0.1) is 0 Å². The minimum Gasteiger partial charge on any atom is -0.480 e. The second-order valence-corrected chi connectivity index (χ2v) is 5.85. The van der Waals surface area contributed by atoms with Crippen molar-refractivity contribution in [3.63, 3.8) is 0 Å². The van der Waals surface area contributed by atoms with Crippen LogP contribution in [0.25, 0.3) is 0 Å². The summed E-state index contributed by atoms with van der Waals surface area (Å²) in [5, 5.41) is 14.7. The summed E-state index contributed by atoms with van der Waals surface area (Å²) in [5.74, 6) is -7.44. The minimum atomic E-state index is -1.61. The van der Waals surface area contributed by atoms with E-state index in [-0.39, 0.29) is 0 Å². The van der Waals surface area contributed by atoms with Crippen LogP contribution in [-0.2, 0) is 33.6 Å². The van der Waals surface area contributed by atoms with Gasteiger partial charge in [-0.25, -0.2) is 0 Å². The zero-order chi connectivity index (χ0) is 22.7. The minimum absolute atomic E-state index is 0.543. The zero-order valence-corrected chi connectivity index (χ0v) is 15.2. The fourth-order valence-corrected chi connectivity index (χ4v) is 1.97. The maximum Gasteiger partial charge on any atom is 0.322 e. The lowest BCUT2D eigenvalue weighted by molar-refractivity contribution is -0.139. The van der Waals surface area contributed by atoms with Gasteiger partial charge in [-0.05, 0) is 0 Å². The van der Waals surface area contributed by atoms with E-state index < -0.39 is 85.3 Å². The van der Waals surface area contributed by atoms with Crippen LogP contribution in [0.15, 0.2) is 0 Å². The molecule has 12 N–H and O–H groups in total. The molecule has 0 aromatic heterocycles. The maximum atomic E-state index is 12.4. The average Bonchev–Trinajstić information content (AvgIpc) is 2.56. The Morgan fingerprint density at radius 2 is 1.10 bits per heavy atom. The molecule has 0 spiro atoms. The van der Waals surface area contributed by atoms with Crippen LogP contribution in [0.4, 0.5) is 0 Å². The quantitative estimate of drug-likeness (QED) is 0.141. The first-order valence-corrected chi connectivity index (χ1v) is 8.04. The largest absolute Gasteiger partial charge is 0.480 e. The van der Waals surface area contributed by atoms with Gasteiger partial charge in [0.2, 0.25) is 35.4 Å². The highest BCUT2D eigenvalue weighted by molar-refractivity contribution is 5.97. The first-order chi connectivity index (χ1) is 13.3. The summed E-state index contributed by atoms with van der Waals surface area (Å²) in [7, 11) is 0. The van der Waals surface area contributed by atoms with Crippen LogP contribution in [0.3, 0.4) is 0 Å². The molecule has 0 aliphatic heterocycles. The van der Waals surface area contributed by atoms with E-state index in [2.05, 4.69) is 10.6 Å². The Labute approximate surface area is 163 Å². The number of nitrogens with one attached hydrogen (secondary N) is 3. The van der Waals surface area contributed by atoms with Crippen LogP contribution in [0.1, 0.15) is 19.3 Å². The molecule has 6 amide bonds. The van der Waals surface area contributed by atoms with Crippen LogP contribution >= 0.6 is 0 Å². The van der Waals surface area contributed by atoms with Crippen LogP contribution in [0.5, 0.6) is 0 Å². The number of hydrogen-bond acceptors (Lipinski definition) is 8. The molecule has 0 aliphatic carbocycles. The maximum absolute atomic E-state index is 12.4. The highest BCUT2D eigenvalue weighted by Gasteiger charge is 2.30.